The number of carboxylic acids is 1. The van der Waals surface area contributed by atoms with Gasteiger partial charge in [-0.1, -0.05) is 30.4 Å². The van der Waals surface area contributed by atoms with Gasteiger partial charge in [-0.15, -0.1) is 0 Å². The molecule has 4 heteroatoms. The lowest BCUT2D eigenvalue weighted by Crippen LogP contribution is -2.35. The molecule has 0 spiro atoms. The van der Waals surface area contributed by atoms with Gasteiger partial charge in [0.1, 0.15) is 0 Å². The van der Waals surface area contributed by atoms with E-state index in [1.165, 1.54) is 6.07 Å². The summed E-state index contributed by atoms with van der Waals surface area (Å²) in [7, 11) is 0. The number of hydrogen-bond acceptors (Lipinski definition) is 2. The van der Waals surface area contributed by atoms with Crippen LogP contribution in [-0.2, 0) is 11.2 Å². The van der Waals surface area contributed by atoms with Crippen LogP contribution in [0.25, 0.3) is 0 Å². The number of rotatable bonds is 3. The van der Waals surface area contributed by atoms with Crippen molar-refractivity contribution in [3.05, 3.63) is 47.5 Å². The van der Waals surface area contributed by atoms with Gasteiger partial charge in [-0.2, -0.15) is 0 Å². The second-order valence-corrected chi connectivity index (χ2v) is 4.24. The van der Waals surface area contributed by atoms with Crippen LogP contribution in [0.15, 0.2) is 36.4 Å². The van der Waals surface area contributed by atoms with E-state index in [0.29, 0.717) is 18.7 Å². The summed E-state index contributed by atoms with van der Waals surface area (Å²) in [5, 5.41) is 9.05. The number of carbonyl (C=O) groups is 2. The van der Waals surface area contributed by atoms with E-state index in [0.717, 1.165) is 6.42 Å². The zero-order valence-electron chi connectivity index (χ0n) is 10.0. The molecule has 1 N–H and O–H groups in total. The third kappa shape index (κ3) is 2.77. The highest BCUT2D eigenvalue weighted by Crippen LogP contribution is 2.12. The van der Waals surface area contributed by atoms with Crippen LogP contribution in [0.2, 0.25) is 0 Å². The van der Waals surface area contributed by atoms with E-state index in [9.17, 15) is 9.59 Å². The maximum Gasteiger partial charge on any atom is 0.335 e. The average molecular weight is 245 g/mol. The molecule has 1 aromatic rings. The second-order valence-electron chi connectivity index (χ2n) is 4.24. The van der Waals surface area contributed by atoms with Gasteiger partial charge < -0.3 is 10.0 Å². The van der Waals surface area contributed by atoms with E-state index < -0.39 is 5.97 Å². The standard InChI is InChI=1S/C14H15NO3/c16-13(15-8-4-1-5-9-15)10-11-6-2-3-7-12(11)14(17)18/h1-4,6-7H,5,8-10H2,(H,17,18). The van der Waals surface area contributed by atoms with Crippen molar-refractivity contribution in [1.82, 2.24) is 4.90 Å². The van der Waals surface area contributed by atoms with Gasteiger partial charge in [-0.05, 0) is 18.1 Å². The first-order chi connectivity index (χ1) is 8.68. The molecule has 1 aliphatic heterocycles. The minimum atomic E-state index is -0.989. The minimum absolute atomic E-state index is 0.0203. The Balaban J connectivity index is 2.11. The normalized spacial score (nSPS) is 14.6. The Morgan fingerprint density at radius 1 is 1.22 bits per heavy atom. The maximum absolute atomic E-state index is 12.0. The zero-order valence-corrected chi connectivity index (χ0v) is 10.0. The highest BCUT2D eigenvalue weighted by atomic mass is 16.4. The average Bonchev–Trinajstić information content (AvgIpc) is 2.40. The molecule has 0 saturated heterocycles. The van der Waals surface area contributed by atoms with E-state index in [1.807, 2.05) is 6.08 Å². The Kier molecular flexibility index (Phi) is 3.77. The van der Waals surface area contributed by atoms with Crippen molar-refractivity contribution in [2.75, 3.05) is 13.1 Å². The summed E-state index contributed by atoms with van der Waals surface area (Å²) in [6.07, 6.45) is 5.03. The zero-order chi connectivity index (χ0) is 13.0. The molecular formula is C14H15NO3. The van der Waals surface area contributed by atoms with E-state index >= 15 is 0 Å². The molecule has 0 unspecified atom stereocenters. The van der Waals surface area contributed by atoms with Crippen LogP contribution in [0.3, 0.4) is 0 Å². The second kappa shape index (κ2) is 5.49. The Morgan fingerprint density at radius 3 is 2.67 bits per heavy atom. The molecule has 0 aliphatic carbocycles. The van der Waals surface area contributed by atoms with Crippen LogP contribution >= 0.6 is 0 Å². The first kappa shape index (κ1) is 12.4. The van der Waals surface area contributed by atoms with E-state index in [2.05, 4.69) is 6.08 Å². The Bertz CT molecular complexity index is 494. The number of benzene rings is 1. The van der Waals surface area contributed by atoms with Crippen molar-refractivity contribution in [2.45, 2.75) is 12.8 Å². The summed E-state index contributed by atoms with van der Waals surface area (Å²) in [5.41, 5.74) is 0.781. The van der Waals surface area contributed by atoms with Crippen molar-refractivity contribution >= 4 is 11.9 Å². The van der Waals surface area contributed by atoms with Gasteiger partial charge in [0.15, 0.2) is 0 Å². The minimum Gasteiger partial charge on any atom is -0.478 e. The monoisotopic (exact) mass is 245 g/mol. The molecule has 18 heavy (non-hydrogen) atoms. The molecule has 1 aliphatic rings. The van der Waals surface area contributed by atoms with E-state index in [4.69, 9.17) is 5.11 Å². The van der Waals surface area contributed by atoms with Crippen LogP contribution in [0, 0.1) is 0 Å². The largest absolute Gasteiger partial charge is 0.478 e. The smallest absolute Gasteiger partial charge is 0.335 e. The fourth-order valence-corrected chi connectivity index (χ4v) is 2.03. The first-order valence-electron chi connectivity index (χ1n) is 5.92. The molecule has 1 aromatic carbocycles. The van der Waals surface area contributed by atoms with Crippen LogP contribution in [0.5, 0.6) is 0 Å². The van der Waals surface area contributed by atoms with Crippen LogP contribution < -0.4 is 0 Å². The van der Waals surface area contributed by atoms with Crippen molar-refractivity contribution < 1.29 is 14.7 Å². The highest BCUT2D eigenvalue weighted by Gasteiger charge is 2.17. The van der Waals surface area contributed by atoms with Crippen molar-refractivity contribution in [2.24, 2.45) is 0 Å². The predicted molar refractivity (Wildman–Crippen MR) is 67.4 cm³/mol. The molecule has 0 saturated carbocycles. The summed E-state index contributed by atoms with van der Waals surface area (Å²) in [6, 6.07) is 6.65. The van der Waals surface area contributed by atoms with Crippen LogP contribution in [0.1, 0.15) is 22.3 Å². The Morgan fingerprint density at radius 2 is 2.00 bits per heavy atom. The molecule has 0 bridgehead atoms. The number of carboxylic acid groups (broad SMARTS) is 1. The van der Waals surface area contributed by atoms with Gasteiger partial charge in [-0.25, -0.2) is 4.79 Å². The summed E-state index contributed by atoms with van der Waals surface area (Å²) in [5.74, 6) is -1.01. The van der Waals surface area contributed by atoms with Gasteiger partial charge in [0.05, 0.1) is 12.0 Å². The lowest BCUT2D eigenvalue weighted by molar-refractivity contribution is -0.130. The molecular weight excluding hydrogens is 230 g/mol. The number of nitrogens with zero attached hydrogens (tertiary/aromatic N) is 1. The number of carbonyl (C=O) groups excluding carboxylic acids is 1. The van der Waals surface area contributed by atoms with Gasteiger partial charge in [0, 0.05) is 13.1 Å². The SMILES string of the molecule is O=C(O)c1ccccc1CC(=O)N1CC=CCC1. The number of aromatic carboxylic acids is 1. The molecule has 4 nitrogen and oxygen atoms in total. The summed E-state index contributed by atoms with van der Waals surface area (Å²) < 4.78 is 0. The molecule has 0 aromatic heterocycles. The molecule has 1 amide bonds. The molecule has 0 atom stereocenters. The van der Waals surface area contributed by atoms with Gasteiger partial charge in [0.25, 0.3) is 0 Å². The molecule has 2 rings (SSSR count). The lowest BCUT2D eigenvalue weighted by Gasteiger charge is -2.23. The van der Waals surface area contributed by atoms with Gasteiger partial charge in [-0.3, -0.25) is 4.79 Å². The van der Waals surface area contributed by atoms with E-state index in [-0.39, 0.29) is 17.9 Å². The fraction of sp³-hybridized carbons (Fsp3) is 0.286. The van der Waals surface area contributed by atoms with Crippen LogP contribution in [-0.4, -0.2) is 35.0 Å². The maximum atomic E-state index is 12.0. The van der Waals surface area contributed by atoms with Crippen LogP contribution in [0.4, 0.5) is 0 Å². The van der Waals surface area contributed by atoms with Crippen molar-refractivity contribution in [3.8, 4) is 0 Å². The number of hydrogen-bond donors (Lipinski definition) is 1. The number of amides is 1. The summed E-state index contributed by atoms with van der Waals surface area (Å²) in [6.45, 7) is 1.33. The molecule has 0 fully saturated rings. The Hall–Kier alpha value is -2.10. The van der Waals surface area contributed by atoms with Gasteiger partial charge >= 0.3 is 5.97 Å². The summed E-state index contributed by atoms with van der Waals surface area (Å²) in [4.78, 5) is 24.8. The van der Waals surface area contributed by atoms with Gasteiger partial charge in [0.2, 0.25) is 5.91 Å². The lowest BCUT2D eigenvalue weighted by atomic mass is 10.0. The topological polar surface area (TPSA) is 57.6 Å². The van der Waals surface area contributed by atoms with Crippen molar-refractivity contribution in [3.63, 3.8) is 0 Å². The first-order valence-corrected chi connectivity index (χ1v) is 5.92. The highest BCUT2D eigenvalue weighted by molar-refractivity contribution is 5.91. The summed E-state index contributed by atoms with van der Waals surface area (Å²) >= 11 is 0. The predicted octanol–water partition coefficient (Wildman–Crippen LogP) is 1.72. The quantitative estimate of drug-likeness (QED) is 0.825. The Labute approximate surface area is 106 Å². The fourth-order valence-electron chi connectivity index (χ4n) is 2.03. The molecule has 0 radical (unpaired) electrons. The molecule has 1 heterocycles. The van der Waals surface area contributed by atoms with E-state index in [1.54, 1.807) is 23.1 Å². The third-order valence-corrected chi connectivity index (χ3v) is 3.00. The van der Waals surface area contributed by atoms with Crippen molar-refractivity contribution in [1.29, 1.82) is 0 Å². The molecule has 94 valence electrons. The third-order valence-electron chi connectivity index (χ3n) is 3.00.